The molecule has 2 nitrogen and oxygen atoms in total. The van der Waals surface area contributed by atoms with Gasteiger partial charge in [-0.15, -0.1) is 0 Å². The van der Waals surface area contributed by atoms with Gasteiger partial charge in [0.25, 0.3) is 0 Å². The van der Waals surface area contributed by atoms with Crippen LogP contribution in [0.1, 0.15) is 30.6 Å². The normalized spacial score (nSPS) is 12.2. The summed E-state index contributed by atoms with van der Waals surface area (Å²) >= 11 is 0. The van der Waals surface area contributed by atoms with E-state index < -0.39 is 6.10 Å². The van der Waals surface area contributed by atoms with Crippen LogP contribution >= 0.6 is 0 Å². The lowest BCUT2D eigenvalue weighted by molar-refractivity contribution is 0.173. The molecular weight excluding hydrogens is 243 g/mol. The van der Waals surface area contributed by atoms with Crippen molar-refractivity contribution >= 4 is 0 Å². The summed E-state index contributed by atoms with van der Waals surface area (Å²) in [5.74, 6) is 1.02. The molecule has 0 amide bonds. The van der Waals surface area contributed by atoms with Crippen LogP contribution in [0, 0.1) is 12.7 Å². The van der Waals surface area contributed by atoms with Crippen LogP contribution in [0.4, 0.5) is 4.39 Å². The topological polar surface area (TPSA) is 29.5 Å². The van der Waals surface area contributed by atoms with Crippen molar-refractivity contribution in [1.29, 1.82) is 0 Å². The Balaban J connectivity index is 2.12. The highest BCUT2D eigenvalue weighted by Crippen LogP contribution is 2.25. The third-order valence-electron chi connectivity index (χ3n) is 3.02. The molecule has 0 radical (unpaired) electrons. The number of aliphatic hydroxyl groups is 1. The molecular formula is C16H17FO2. The van der Waals surface area contributed by atoms with Crippen LogP contribution in [0.3, 0.4) is 0 Å². The van der Waals surface area contributed by atoms with Crippen molar-refractivity contribution < 1.29 is 14.2 Å². The fourth-order valence-corrected chi connectivity index (χ4v) is 1.81. The van der Waals surface area contributed by atoms with E-state index in [1.807, 2.05) is 19.1 Å². The molecule has 0 saturated heterocycles. The van der Waals surface area contributed by atoms with Gasteiger partial charge in [0.15, 0.2) is 0 Å². The van der Waals surface area contributed by atoms with Crippen LogP contribution in [-0.4, -0.2) is 5.11 Å². The molecule has 19 heavy (non-hydrogen) atoms. The van der Waals surface area contributed by atoms with Crippen LogP contribution < -0.4 is 4.74 Å². The smallest absolute Gasteiger partial charge is 0.127 e. The molecule has 1 N–H and O–H groups in total. The molecule has 0 aliphatic rings. The summed E-state index contributed by atoms with van der Waals surface area (Å²) in [6.45, 7) is 3.62. The predicted octanol–water partition coefficient (Wildman–Crippen LogP) is 4.37. The second-order valence-electron chi connectivity index (χ2n) is 4.51. The molecule has 3 heteroatoms. The molecule has 2 aromatic rings. The maximum atomic E-state index is 13.1. The quantitative estimate of drug-likeness (QED) is 0.884. The first kappa shape index (κ1) is 13.6. The summed E-state index contributed by atoms with van der Waals surface area (Å²) in [5.41, 5.74) is 1.42. The Kier molecular flexibility index (Phi) is 4.17. The third kappa shape index (κ3) is 3.32. The molecule has 1 atom stereocenters. The molecule has 0 bridgehead atoms. The minimum absolute atomic E-state index is 0.242. The van der Waals surface area contributed by atoms with Crippen molar-refractivity contribution in [3.8, 4) is 11.5 Å². The van der Waals surface area contributed by atoms with Gasteiger partial charge in [-0.2, -0.15) is 0 Å². The lowest BCUT2D eigenvalue weighted by Gasteiger charge is -2.10. The largest absolute Gasteiger partial charge is 0.457 e. The van der Waals surface area contributed by atoms with E-state index in [0.717, 1.165) is 5.56 Å². The lowest BCUT2D eigenvalue weighted by atomic mass is 10.1. The van der Waals surface area contributed by atoms with E-state index in [0.29, 0.717) is 23.5 Å². The first-order valence-electron chi connectivity index (χ1n) is 6.32. The van der Waals surface area contributed by atoms with Crippen LogP contribution in [0.5, 0.6) is 11.5 Å². The summed E-state index contributed by atoms with van der Waals surface area (Å²) in [7, 11) is 0. The van der Waals surface area contributed by atoms with Crippen LogP contribution in [0.2, 0.25) is 0 Å². The van der Waals surface area contributed by atoms with Gasteiger partial charge in [0.2, 0.25) is 0 Å². The first-order chi connectivity index (χ1) is 9.10. The molecule has 0 spiro atoms. The third-order valence-corrected chi connectivity index (χ3v) is 3.02. The van der Waals surface area contributed by atoms with Gasteiger partial charge in [-0.05, 0) is 54.8 Å². The fourth-order valence-electron chi connectivity index (χ4n) is 1.81. The minimum Gasteiger partial charge on any atom is -0.457 e. The maximum absolute atomic E-state index is 13.1. The van der Waals surface area contributed by atoms with Crippen molar-refractivity contribution in [3.05, 3.63) is 59.4 Å². The second kappa shape index (κ2) is 5.85. The maximum Gasteiger partial charge on any atom is 0.127 e. The number of hydrogen-bond donors (Lipinski definition) is 1. The van der Waals surface area contributed by atoms with Crippen LogP contribution in [0.15, 0.2) is 42.5 Å². The van der Waals surface area contributed by atoms with Crippen LogP contribution in [-0.2, 0) is 0 Å². The van der Waals surface area contributed by atoms with Gasteiger partial charge in [0.1, 0.15) is 17.3 Å². The van der Waals surface area contributed by atoms with E-state index in [9.17, 15) is 9.50 Å². The van der Waals surface area contributed by atoms with E-state index >= 15 is 0 Å². The molecule has 0 unspecified atom stereocenters. The number of benzene rings is 2. The zero-order valence-electron chi connectivity index (χ0n) is 11.1. The van der Waals surface area contributed by atoms with E-state index in [4.69, 9.17) is 4.74 Å². The molecule has 0 aromatic heterocycles. The second-order valence-corrected chi connectivity index (χ2v) is 4.51. The first-order valence-corrected chi connectivity index (χ1v) is 6.32. The zero-order valence-corrected chi connectivity index (χ0v) is 11.1. The molecule has 0 fully saturated rings. The number of ether oxygens (including phenoxy) is 1. The minimum atomic E-state index is -0.442. The van der Waals surface area contributed by atoms with Gasteiger partial charge in [0, 0.05) is 0 Å². The average molecular weight is 260 g/mol. The zero-order chi connectivity index (χ0) is 13.8. The van der Waals surface area contributed by atoms with Gasteiger partial charge in [0.05, 0.1) is 6.10 Å². The van der Waals surface area contributed by atoms with Crippen molar-refractivity contribution in [1.82, 2.24) is 0 Å². The Labute approximate surface area is 112 Å². The van der Waals surface area contributed by atoms with Gasteiger partial charge in [-0.25, -0.2) is 4.39 Å². The van der Waals surface area contributed by atoms with Crippen molar-refractivity contribution in [3.63, 3.8) is 0 Å². The molecule has 0 heterocycles. The fraction of sp³-hybridized carbons (Fsp3) is 0.250. The van der Waals surface area contributed by atoms with E-state index in [2.05, 4.69) is 0 Å². The highest BCUT2D eigenvalue weighted by molar-refractivity contribution is 5.35. The average Bonchev–Trinajstić information content (AvgIpc) is 2.43. The standard InChI is InChI=1S/C16H17FO2/c1-3-16(18)12-4-6-13(7-5-12)19-14-8-9-15(17)11(2)10-14/h4-10,16,18H,3H2,1-2H3/t16-/m0/s1. The van der Waals surface area contributed by atoms with E-state index in [1.165, 1.54) is 6.07 Å². The van der Waals surface area contributed by atoms with Gasteiger partial charge < -0.3 is 9.84 Å². The summed E-state index contributed by atoms with van der Waals surface area (Å²) in [5, 5.41) is 9.69. The number of aliphatic hydroxyl groups excluding tert-OH is 1. The predicted molar refractivity (Wildman–Crippen MR) is 72.9 cm³/mol. The summed E-state index contributed by atoms with van der Waals surface area (Å²) < 4.78 is 18.8. The highest BCUT2D eigenvalue weighted by atomic mass is 19.1. The Morgan fingerprint density at radius 3 is 2.32 bits per heavy atom. The molecule has 2 aromatic carbocycles. The summed E-state index contributed by atoms with van der Waals surface area (Å²) in [6.07, 6.45) is 0.235. The number of aryl methyl sites for hydroxylation is 1. The van der Waals surface area contributed by atoms with Crippen LogP contribution in [0.25, 0.3) is 0 Å². The Morgan fingerprint density at radius 2 is 1.74 bits per heavy atom. The lowest BCUT2D eigenvalue weighted by Crippen LogP contribution is -1.94. The molecule has 100 valence electrons. The summed E-state index contributed by atoms with van der Waals surface area (Å²) in [4.78, 5) is 0. The molecule has 0 aliphatic carbocycles. The van der Waals surface area contributed by atoms with E-state index in [1.54, 1.807) is 31.2 Å². The molecule has 2 rings (SSSR count). The monoisotopic (exact) mass is 260 g/mol. The van der Waals surface area contributed by atoms with Gasteiger partial charge in [-0.1, -0.05) is 19.1 Å². The molecule has 0 aliphatic heterocycles. The van der Waals surface area contributed by atoms with Crippen molar-refractivity contribution in [2.45, 2.75) is 26.4 Å². The molecule has 0 saturated carbocycles. The van der Waals surface area contributed by atoms with Gasteiger partial charge >= 0.3 is 0 Å². The summed E-state index contributed by atoms with van der Waals surface area (Å²) in [6, 6.07) is 11.9. The van der Waals surface area contributed by atoms with E-state index in [-0.39, 0.29) is 5.82 Å². The Bertz CT molecular complexity index is 549. The Hall–Kier alpha value is -1.87. The van der Waals surface area contributed by atoms with Crippen molar-refractivity contribution in [2.75, 3.05) is 0 Å². The Morgan fingerprint density at radius 1 is 1.11 bits per heavy atom. The SMILES string of the molecule is CC[C@H](O)c1ccc(Oc2ccc(F)c(C)c2)cc1. The van der Waals surface area contributed by atoms with Gasteiger partial charge in [-0.3, -0.25) is 0 Å². The van der Waals surface area contributed by atoms with Crippen molar-refractivity contribution in [2.24, 2.45) is 0 Å². The number of halogens is 1. The number of rotatable bonds is 4. The highest BCUT2D eigenvalue weighted by Gasteiger charge is 2.05. The number of hydrogen-bond acceptors (Lipinski definition) is 2.